The Hall–Kier alpha value is -2.10. The van der Waals surface area contributed by atoms with Crippen LogP contribution < -0.4 is 0 Å². The molecule has 0 aliphatic heterocycles. The number of aliphatic carboxylic acids is 1. The van der Waals surface area contributed by atoms with Gasteiger partial charge in [-0.05, 0) is 36.6 Å². The van der Waals surface area contributed by atoms with Crippen molar-refractivity contribution in [1.82, 2.24) is 4.90 Å². The zero-order valence-electron chi connectivity index (χ0n) is 11.6. The van der Waals surface area contributed by atoms with E-state index in [2.05, 4.69) is 0 Å². The molecule has 0 saturated heterocycles. The zero-order chi connectivity index (χ0) is 14.5. The Kier molecular flexibility index (Phi) is 4.56. The van der Waals surface area contributed by atoms with Gasteiger partial charge in [0.15, 0.2) is 0 Å². The summed E-state index contributed by atoms with van der Waals surface area (Å²) in [6, 6.07) is 7.39. The fourth-order valence-electron chi connectivity index (χ4n) is 2.60. The maximum absolute atomic E-state index is 12.4. The van der Waals surface area contributed by atoms with Crippen LogP contribution in [0.25, 0.3) is 6.08 Å². The van der Waals surface area contributed by atoms with Gasteiger partial charge < -0.3 is 10.0 Å². The highest BCUT2D eigenvalue weighted by molar-refractivity contribution is 5.95. The number of benzene rings is 1. The first-order valence-electron chi connectivity index (χ1n) is 6.86. The van der Waals surface area contributed by atoms with E-state index in [1.165, 1.54) is 18.9 Å². The molecule has 20 heavy (non-hydrogen) atoms. The summed E-state index contributed by atoms with van der Waals surface area (Å²) in [7, 11) is 1.85. The number of nitrogens with zero attached hydrogens (tertiary/aromatic N) is 1. The monoisotopic (exact) mass is 273 g/mol. The number of carboxylic acids is 1. The lowest BCUT2D eigenvalue weighted by molar-refractivity contribution is -0.131. The van der Waals surface area contributed by atoms with E-state index < -0.39 is 5.97 Å². The van der Waals surface area contributed by atoms with Crippen LogP contribution in [0.1, 0.15) is 41.6 Å². The first-order chi connectivity index (χ1) is 9.58. The van der Waals surface area contributed by atoms with Gasteiger partial charge in [0, 0.05) is 24.7 Å². The molecule has 1 N–H and O–H groups in total. The summed E-state index contributed by atoms with van der Waals surface area (Å²) < 4.78 is 0. The second-order valence-electron chi connectivity index (χ2n) is 5.15. The van der Waals surface area contributed by atoms with Crippen LogP contribution in [0.2, 0.25) is 0 Å². The smallest absolute Gasteiger partial charge is 0.328 e. The second-order valence-corrected chi connectivity index (χ2v) is 5.15. The third-order valence-corrected chi connectivity index (χ3v) is 3.74. The van der Waals surface area contributed by atoms with Gasteiger partial charge in [0.2, 0.25) is 0 Å². The third kappa shape index (κ3) is 3.47. The first kappa shape index (κ1) is 14.3. The summed E-state index contributed by atoms with van der Waals surface area (Å²) in [5.74, 6) is -0.993. The van der Waals surface area contributed by atoms with Crippen LogP contribution in [0.15, 0.2) is 30.3 Å². The number of rotatable bonds is 4. The number of amides is 1. The van der Waals surface area contributed by atoms with Crippen LogP contribution >= 0.6 is 0 Å². The summed E-state index contributed by atoms with van der Waals surface area (Å²) in [4.78, 5) is 24.7. The molecule has 1 aliphatic rings. The Bertz CT molecular complexity index is 530. The molecule has 1 aromatic rings. The van der Waals surface area contributed by atoms with Crippen molar-refractivity contribution in [2.45, 2.75) is 31.7 Å². The molecular weight excluding hydrogens is 254 g/mol. The third-order valence-electron chi connectivity index (χ3n) is 3.74. The highest BCUT2D eigenvalue weighted by Gasteiger charge is 2.24. The largest absolute Gasteiger partial charge is 0.478 e. The lowest BCUT2D eigenvalue weighted by Gasteiger charge is -2.24. The molecule has 0 heterocycles. The number of hydrogen-bond donors (Lipinski definition) is 1. The minimum atomic E-state index is -0.996. The van der Waals surface area contributed by atoms with Crippen LogP contribution in [0.3, 0.4) is 0 Å². The van der Waals surface area contributed by atoms with E-state index in [1.54, 1.807) is 24.3 Å². The molecule has 1 fully saturated rings. The van der Waals surface area contributed by atoms with Gasteiger partial charge in [-0.1, -0.05) is 25.0 Å². The Labute approximate surface area is 118 Å². The van der Waals surface area contributed by atoms with E-state index in [-0.39, 0.29) is 5.91 Å². The molecule has 0 atom stereocenters. The van der Waals surface area contributed by atoms with Gasteiger partial charge in [0.05, 0.1) is 0 Å². The maximum Gasteiger partial charge on any atom is 0.328 e. The Morgan fingerprint density at radius 2 is 2.00 bits per heavy atom. The average molecular weight is 273 g/mol. The minimum Gasteiger partial charge on any atom is -0.478 e. The Morgan fingerprint density at radius 1 is 1.30 bits per heavy atom. The van der Waals surface area contributed by atoms with Gasteiger partial charge in [0.1, 0.15) is 0 Å². The average Bonchev–Trinajstić information content (AvgIpc) is 2.98. The molecule has 1 aliphatic carbocycles. The van der Waals surface area contributed by atoms with Gasteiger partial charge in [-0.2, -0.15) is 0 Å². The number of carbonyl (C=O) groups excluding carboxylic acids is 1. The molecule has 1 saturated carbocycles. The van der Waals surface area contributed by atoms with Crippen molar-refractivity contribution in [3.05, 3.63) is 41.5 Å². The quantitative estimate of drug-likeness (QED) is 0.858. The lowest BCUT2D eigenvalue weighted by Crippen LogP contribution is -2.35. The van der Waals surface area contributed by atoms with Crippen molar-refractivity contribution in [3.8, 4) is 0 Å². The number of carboxylic acid groups (broad SMARTS) is 1. The first-order valence-corrected chi connectivity index (χ1v) is 6.86. The molecule has 1 amide bonds. The number of carbonyl (C=O) groups is 2. The molecule has 0 unspecified atom stereocenters. The molecule has 4 nitrogen and oxygen atoms in total. The molecule has 2 rings (SSSR count). The normalized spacial score (nSPS) is 15.7. The van der Waals surface area contributed by atoms with Gasteiger partial charge in [-0.3, -0.25) is 4.79 Å². The van der Waals surface area contributed by atoms with Gasteiger partial charge in [0.25, 0.3) is 5.91 Å². The topological polar surface area (TPSA) is 57.6 Å². The van der Waals surface area contributed by atoms with Crippen LogP contribution in [0, 0.1) is 0 Å². The number of hydrogen-bond acceptors (Lipinski definition) is 2. The van der Waals surface area contributed by atoms with E-state index >= 15 is 0 Å². The molecule has 0 bridgehead atoms. The highest BCUT2D eigenvalue weighted by atomic mass is 16.4. The molecular formula is C16H19NO3. The molecule has 0 aromatic heterocycles. The van der Waals surface area contributed by atoms with Crippen LogP contribution in [0.4, 0.5) is 0 Å². The molecule has 4 heteroatoms. The predicted molar refractivity (Wildman–Crippen MR) is 77.5 cm³/mol. The molecule has 0 radical (unpaired) electrons. The van der Waals surface area contributed by atoms with E-state index in [0.717, 1.165) is 24.5 Å². The van der Waals surface area contributed by atoms with Gasteiger partial charge in [-0.25, -0.2) is 4.79 Å². The van der Waals surface area contributed by atoms with Gasteiger partial charge >= 0.3 is 5.97 Å². The second kappa shape index (κ2) is 6.37. The summed E-state index contributed by atoms with van der Waals surface area (Å²) in [6.45, 7) is 0. The van der Waals surface area contributed by atoms with Crippen LogP contribution in [-0.2, 0) is 4.79 Å². The lowest BCUT2D eigenvalue weighted by atomic mass is 10.1. The summed E-state index contributed by atoms with van der Waals surface area (Å²) in [5.41, 5.74) is 1.32. The fourth-order valence-corrected chi connectivity index (χ4v) is 2.60. The maximum atomic E-state index is 12.4. The summed E-state index contributed by atoms with van der Waals surface area (Å²) >= 11 is 0. The van der Waals surface area contributed by atoms with E-state index in [9.17, 15) is 9.59 Å². The van der Waals surface area contributed by atoms with E-state index in [0.29, 0.717) is 11.6 Å². The minimum absolute atomic E-state index is 0.00229. The molecule has 0 spiro atoms. The summed E-state index contributed by atoms with van der Waals surface area (Å²) in [5, 5.41) is 8.62. The van der Waals surface area contributed by atoms with Crippen molar-refractivity contribution >= 4 is 18.0 Å². The van der Waals surface area contributed by atoms with Crippen molar-refractivity contribution in [3.63, 3.8) is 0 Å². The van der Waals surface area contributed by atoms with E-state index in [4.69, 9.17) is 5.11 Å². The Balaban J connectivity index is 2.13. The van der Waals surface area contributed by atoms with Crippen molar-refractivity contribution < 1.29 is 14.7 Å². The van der Waals surface area contributed by atoms with Crippen LogP contribution in [-0.4, -0.2) is 35.0 Å². The van der Waals surface area contributed by atoms with Gasteiger partial charge in [-0.15, -0.1) is 0 Å². The molecule has 1 aromatic carbocycles. The highest BCUT2D eigenvalue weighted by Crippen LogP contribution is 2.23. The fraction of sp³-hybridized carbons (Fsp3) is 0.375. The van der Waals surface area contributed by atoms with Crippen molar-refractivity contribution in [2.24, 2.45) is 0 Å². The predicted octanol–water partition coefficient (Wildman–Crippen LogP) is 2.80. The molecule has 106 valence electrons. The van der Waals surface area contributed by atoms with Crippen molar-refractivity contribution in [2.75, 3.05) is 7.05 Å². The SMILES string of the molecule is CN(C(=O)c1cccc(C=CC(=O)O)c1)C1CCCC1. The van der Waals surface area contributed by atoms with Crippen molar-refractivity contribution in [1.29, 1.82) is 0 Å². The summed E-state index contributed by atoms with van der Waals surface area (Å²) in [6.07, 6.45) is 7.08. The Morgan fingerprint density at radius 3 is 2.65 bits per heavy atom. The van der Waals surface area contributed by atoms with E-state index in [1.807, 2.05) is 11.9 Å². The zero-order valence-corrected chi connectivity index (χ0v) is 11.6. The standard InChI is InChI=1S/C16H19NO3/c1-17(14-7-2-3-8-14)16(20)13-6-4-5-12(11-13)9-10-15(18)19/h4-6,9-11,14H,2-3,7-8H2,1H3,(H,18,19). The van der Waals surface area contributed by atoms with Crippen LogP contribution in [0.5, 0.6) is 0 Å².